The minimum atomic E-state index is -0.393. The van der Waals surface area contributed by atoms with Crippen LogP contribution in [0.25, 0.3) is 0 Å². The van der Waals surface area contributed by atoms with Crippen LogP contribution in [-0.4, -0.2) is 51.0 Å². The summed E-state index contributed by atoms with van der Waals surface area (Å²) in [6.45, 7) is 10.7. The van der Waals surface area contributed by atoms with E-state index in [-0.39, 0.29) is 36.4 Å². The second-order valence-corrected chi connectivity index (χ2v) is 9.07. The Hall–Kier alpha value is -2.83. The molecule has 1 aliphatic heterocycles. The van der Waals surface area contributed by atoms with Crippen molar-refractivity contribution in [2.24, 2.45) is 0 Å². The standard InChI is InChI=1S/C23H31FN4O2/c1-16(2)28(22(30)25-23(3,4)5)15-20(29)27-14-13-26-12-6-7-19(26)21(27)17-8-10-18(24)11-9-17/h6-12,16,21H,13-15H2,1-5H3,(H,25,30). The number of aromatic nitrogens is 1. The van der Waals surface area contributed by atoms with E-state index in [0.29, 0.717) is 13.1 Å². The van der Waals surface area contributed by atoms with Crippen molar-refractivity contribution in [1.29, 1.82) is 0 Å². The van der Waals surface area contributed by atoms with Gasteiger partial charge in [-0.05, 0) is 64.4 Å². The summed E-state index contributed by atoms with van der Waals surface area (Å²) in [5, 5.41) is 2.94. The molecule has 3 amide bonds. The Kier molecular flexibility index (Phi) is 6.19. The minimum Gasteiger partial charge on any atom is -0.348 e. The Balaban J connectivity index is 1.87. The maximum atomic E-state index is 13.5. The van der Waals surface area contributed by atoms with E-state index in [1.165, 1.54) is 12.1 Å². The molecule has 2 heterocycles. The fraction of sp³-hybridized carbons (Fsp3) is 0.478. The predicted molar refractivity (Wildman–Crippen MR) is 115 cm³/mol. The summed E-state index contributed by atoms with van der Waals surface area (Å²) in [7, 11) is 0. The van der Waals surface area contributed by atoms with Crippen molar-refractivity contribution in [2.75, 3.05) is 13.1 Å². The zero-order chi connectivity index (χ0) is 22.1. The smallest absolute Gasteiger partial charge is 0.318 e. The fourth-order valence-electron chi connectivity index (χ4n) is 3.77. The van der Waals surface area contributed by atoms with Gasteiger partial charge in [0.15, 0.2) is 0 Å². The topological polar surface area (TPSA) is 57.6 Å². The van der Waals surface area contributed by atoms with Crippen molar-refractivity contribution in [1.82, 2.24) is 19.7 Å². The number of nitrogens with one attached hydrogen (secondary N) is 1. The number of hydrogen-bond acceptors (Lipinski definition) is 2. The van der Waals surface area contributed by atoms with Crippen LogP contribution in [0.15, 0.2) is 42.6 Å². The number of rotatable bonds is 4. The van der Waals surface area contributed by atoms with E-state index in [2.05, 4.69) is 9.88 Å². The number of carbonyl (C=O) groups excluding carboxylic acids is 2. The quantitative estimate of drug-likeness (QED) is 0.828. The Labute approximate surface area is 177 Å². The molecule has 30 heavy (non-hydrogen) atoms. The van der Waals surface area contributed by atoms with Gasteiger partial charge in [-0.2, -0.15) is 0 Å². The first-order valence-corrected chi connectivity index (χ1v) is 10.4. The van der Waals surface area contributed by atoms with Crippen molar-refractivity contribution in [2.45, 2.75) is 58.8 Å². The molecule has 1 aromatic carbocycles. The molecule has 0 aliphatic carbocycles. The second kappa shape index (κ2) is 8.50. The van der Waals surface area contributed by atoms with E-state index in [9.17, 15) is 14.0 Å². The SMILES string of the molecule is CC(C)N(CC(=O)N1CCn2cccc2C1c1ccc(F)cc1)C(=O)NC(C)(C)C. The van der Waals surface area contributed by atoms with Gasteiger partial charge in [-0.25, -0.2) is 9.18 Å². The Morgan fingerprint density at radius 2 is 1.83 bits per heavy atom. The Bertz CT molecular complexity index is 899. The molecule has 2 aromatic rings. The highest BCUT2D eigenvalue weighted by Crippen LogP contribution is 2.32. The van der Waals surface area contributed by atoms with Crippen molar-refractivity contribution in [3.8, 4) is 0 Å². The largest absolute Gasteiger partial charge is 0.348 e. The molecule has 3 rings (SSSR count). The van der Waals surface area contributed by atoms with E-state index in [1.807, 2.05) is 52.9 Å². The molecule has 1 atom stereocenters. The molecule has 6 nitrogen and oxygen atoms in total. The van der Waals surface area contributed by atoms with E-state index >= 15 is 0 Å². The van der Waals surface area contributed by atoms with Crippen LogP contribution < -0.4 is 5.32 Å². The molecular weight excluding hydrogens is 383 g/mol. The highest BCUT2D eigenvalue weighted by Gasteiger charge is 2.34. The highest BCUT2D eigenvalue weighted by molar-refractivity contribution is 5.85. The molecule has 1 aromatic heterocycles. The van der Waals surface area contributed by atoms with Gasteiger partial charge < -0.3 is 19.7 Å². The fourth-order valence-corrected chi connectivity index (χ4v) is 3.77. The van der Waals surface area contributed by atoms with Crippen LogP contribution in [0.3, 0.4) is 0 Å². The minimum absolute atomic E-state index is 0.0159. The first-order valence-electron chi connectivity index (χ1n) is 10.4. The first-order chi connectivity index (χ1) is 14.1. The lowest BCUT2D eigenvalue weighted by Crippen LogP contribution is -2.54. The van der Waals surface area contributed by atoms with Gasteiger partial charge in [-0.15, -0.1) is 0 Å². The molecule has 1 unspecified atom stereocenters. The molecule has 0 fully saturated rings. The number of carbonyl (C=O) groups is 2. The van der Waals surface area contributed by atoms with Gasteiger partial charge in [-0.1, -0.05) is 12.1 Å². The van der Waals surface area contributed by atoms with Crippen molar-refractivity contribution in [3.63, 3.8) is 0 Å². The summed E-state index contributed by atoms with van der Waals surface area (Å²) in [5.74, 6) is -0.442. The van der Waals surface area contributed by atoms with E-state index in [1.54, 1.807) is 21.9 Å². The van der Waals surface area contributed by atoms with Gasteiger partial charge in [0.2, 0.25) is 5.91 Å². The van der Waals surface area contributed by atoms with Gasteiger partial charge in [0.1, 0.15) is 12.4 Å². The number of amides is 3. The second-order valence-electron chi connectivity index (χ2n) is 9.07. The maximum Gasteiger partial charge on any atom is 0.318 e. The van der Waals surface area contributed by atoms with Gasteiger partial charge in [0, 0.05) is 36.6 Å². The number of halogens is 1. The van der Waals surface area contributed by atoms with Crippen molar-refractivity contribution >= 4 is 11.9 Å². The Morgan fingerprint density at radius 1 is 1.17 bits per heavy atom. The molecule has 162 valence electrons. The molecular formula is C23H31FN4O2. The normalized spacial score (nSPS) is 16.4. The monoisotopic (exact) mass is 414 g/mol. The lowest BCUT2D eigenvalue weighted by molar-refractivity contribution is -0.134. The van der Waals surface area contributed by atoms with Gasteiger partial charge >= 0.3 is 6.03 Å². The number of hydrogen-bond donors (Lipinski definition) is 1. The van der Waals surface area contributed by atoms with Crippen LogP contribution in [0, 0.1) is 5.82 Å². The zero-order valence-corrected chi connectivity index (χ0v) is 18.4. The average molecular weight is 415 g/mol. The van der Waals surface area contributed by atoms with Crippen LogP contribution in [0.4, 0.5) is 9.18 Å². The van der Waals surface area contributed by atoms with Crippen LogP contribution >= 0.6 is 0 Å². The van der Waals surface area contributed by atoms with Crippen molar-refractivity contribution < 1.29 is 14.0 Å². The van der Waals surface area contributed by atoms with E-state index < -0.39 is 5.54 Å². The first kappa shape index (κ1) is 21.9. The van der Waals surface area contributed by atoms with E-state index in [0.717, 1.165) is 11.3 Å². The summed E-state index contributed by atoms with van der Waals surface area (Å²) < 4.78 is 15.6. The van der Waals surface area contributed by atoms with E-state index in [4.69, 9.17) is 0 Å². The molecule has 7 heteroatoms. The van der Waals surface area contributed by atoms with Crippen LogP contribution in [0.1, 0.15) is 51.9 Å². The molecule has 0 radical (unpaired) electrons. The van der Waals surface area contributed by atoms with Gasteiger partial charge in [0.05, 0.1) is 6.04 Å². The molecule has 0 spiro atoms. The summed E-state index contributed by atoms with van der Waals surface area (Å²) in [6.07, 6.45) is 1.99. The van der Waals surface area contributed by atoms with Crippen LogP contribution in [0.2, 0.25) is 0 Å². The molecule has 1 N–H and O–H groups in total. The average Bonchev–Trinajstić information content (AvgIpc) is 3.13. The summed E-state index contributed by atoms with van der Waals surface area (Å²) >= 11 is 0. The third-order valence-electron chi connectivity index (χ3n) is 5.22. The summed E-state index contributed by atoms with van der Waals surface area (Å²) in [5.41, 5.74) is 1.44. The molecule has 1 aliphatic rings. The molecule has 0 saturated heterocycles. The maximum absolute atomic E-state index is 13.5. The Morgan fingerprint density at radius 3 is 2.43 bits per heavy atom. The van der Waals surface area contributed by atoms with Crippen molar-refractivity contribution in [3.05, 3.63) is 59.7 Å². The highest BCUT2D eigenvalue weighted by atomic mass is 19.1. The van der Waals surface area contributed by atoms with Gasteiger partial charge in [0.25, 0.3) is 0 Å². The third-order valence-corrected chi connectivity index (χ3v) is 5.22. The number of fused-ring (bicyclic) bond motifs is 1. The number of benzene rings is 1. The van der Waals surface area contributed by atoms with Crippen LogP contribution in [0.5, 0.6) is 0 Å². The number of urea groups is 1. The number of nitrogens with zero attached hydrogens (tertiary/aromatic N) is 3. The lowest BCUT2D eigenvalue weighted by Gasteiger charge is -2.39. The summed E-state index contributed by atoms with van der Waals surface area (Å²) in [6, 6.07) is 9.50. The van der Waals surface area contributed by atoms with Crippen LogP contribution in [-0.2, 0) is 11.3 Å². The molecule has 0 bridgehead atoms. The zero-order valence-electron chi connectivity index (χ0n) is 18.4. The summed E-state index contributed by atoms with van der Waals surface area (Å²) in [4.78, 5) is 29.5. The molecule has 0 saturated carbocycles. The van der Waals surface area contributed by atoms with Gasteiger partial charge in [-0.3, -0.25) is 4.79 Å². The lowest BCUT2D eigenvalue weighted by atomic mass is 9.99. The third kappa shape index (κ3) is 4.83. The predicted octanol–water partition coefficient (Wildman–Crippen LogP) is 3.78.